The number of thiophene rings is 1. The van der Waals surface area contributed by atoms with Crippen LogP contribution in [0.5, 0.6) is 0 Å². The fraction of sp³-hybridized carbons (Fsp3) is 0.158. The minimum Gasteiger partial charge on any atom is -0.480 e. The van der Waals surface area contributed by atoms with Crippen LogP contribution in [0.3, 0.4) is 0 Å². The predicted molar refractivity (Wildman–Crippen MR) is 92.4 cm³/mol. The second-order valence-corrected chi connectivity index (χ2v) is 6.60. The van der Waals surface area contributed by atoms with Crippen LogP contribution >= 0.6 is 11.3 Å². The maximum Gasteiger partial charge on any atom is 0.172 e. The Morgan fingerprint density at radius 3 is 2.54 bits per heavy atom. The molecule has 3 rings (SSSR count). The molecule has 0 bridgehead atoms. The maximum absolute atomic E-state index is 9.28. The first kappa shape index (κ1) is 15.9. The largest absolute Gasteiger partial charge is 0.480 e. The molecule has 0 N–H and O–H groups in total. The zero-order valence-electron chi connectivity index (χ0n) is 13.2. The Kier molecular flexibility index (Phi) is 4.12. The molecule has 0 aliphatic carbocycles. The van der Waals surface area contributed by atoms with E-state index >= 15 is 0 Å². The molecule has 0 fully saturated rings. The zero-order valence-corrected chi connectivity index (χ0v) is 14.1. The fourth-order valence-electron chi connectivity index (χ4n) is 2.59. The number of nitriles is 2. The van der Waals surface area contributed by atoms with Crippen LogP contribution in [0.25, 0.3) is 11.6 Å². The summed E-state index contributed by atoms with van der Waals surface area (Å²) in [5, 5.41) is 20.5. The third kappa shape index (κ3) is 2.78. The van der Waals surface area contributed by atoms with Gasteiger partial charge in [-0.2, -0.15) is 10.5 Å². The second kappa shape index (κ2) is 6.23. The summed E-state index contributed by atoms with van der Waals surface area (Å²) in [6.45, 7) is 3.84. The molecule has 3 heterocycles. The van der Waals surface area contributed by atoms with Gasteiger partial charge in [0.05, 0.1) is 6.26 Å². The molecule has 0 atom stereocenters. The molecule has 2 aromatic heterocycles. The van der Waals surface area contributed by atoms with Crippen molar-refractivity contribution >= 4 is 23.0 Å². The molecule has 1 aliphatic rings. The molecule has 0 unspecified atom stereocenters. The average Bonchev–Trinajstić information content (AvgIpc) is 3.27. The highest BCUT2D eigenvalue weighted by Gasteiger charge is 2.39. The van der Waals surface area contributed by atoms with E-state index < -0.39 is 5.60 Å². The van der Waals surface area contributed by atoms with Gasteiger partial charge in [0, 0.05) is 16.0 Å². The first-order valence-corrected chi connectivity index (χ1v) is 8.19. The standard InChI is InChI=1S/C19H14N2O2S/c1-19(2)15(8-7-14-5-3-9-22-14)17(16-6-4-10-24-16)18(23-19)13(11-20)12-21/h3-10H,1-2H3. The van der Waals surface area contributed by atoms with Gasteiger partial charge in [-0.05, 0) is 43.5 Å². The van der Waals surface area contributed by atoms with E-state index in [2.05, 4.69) is 0 Å². The van der Waals surface area contributed by atoms with E-state index in [1.165, 1.54) is 0 Å². The van der Waals surface area contributed by atoms with Crippen LogP contribution in [0, 0.1) is 22.7 Å². The van der Waals surface area contributed by atoms with Gasteiger partial charge in [-0.15, -0.1) is 11.3 Å². The summed E-state index contributed by atoms with van der Waals surface area (Å²) in [7, 11) is 0. The highest BCUT2D eigenvalue weighted by molar-refractivity contribution is 7.11. The summed E-state index contributed by atoms with van der Waals surface area (Å²) in [5.41, 5.74) is 1.01. The Hall–Kier alpha value is -3.02. The lowest BCUT2D eigenvalue weighted by atomic mass is 9.93. The van der Waals surface area contributed by atoms with E-state index in [0.717, 1.165) is 21.8 Å². The van der Waals surface area contributed by atoms with Crippen LogP contribution in [0.4, 0.5) is 0 Å². The Balaban J connectivity index is 2.23. The highest BCUT2D eigenvalue weighted by Crippen LogP contribution is 2.46. The van der Waals surface area contributed by atoms with Gasteiger partial charge >= 0.3 is 0 Å². The van der Waals surface area contributed by atoms with Crippen molar-refractivity contribution in [3.8, 4) is 12.1 Å². The fourth-order valence-corrected chi connectivity index (χ4v) is 3.37. The maximum atomic E-state index is 9.28. The van der Waals surface area contributed by atoms with Crippen LogP contribution in [-0.2, 0) is 4.74 Å². The van der Waals surface area contributed by atoms with Gasteiger partial charge in [0.25, 0.3) is 0 Å². The number of nitrogens with zero attached hydrogens (tertiary/aromatic N) is 2. The number of hydrogen-bond donors (Lipinski definition) is 0. The molecule has 4 nitrogen and oxygen atoms in total. The third-order valence-corrected chi connectivity index (χ3v) is 4.57. The average molecular weight is 334 g/mol. The normalized spacial score (nSPS) is 16.1. The van der Waals surface area contributed by atoms with Crippen molar-refractivity contribution in [1.82, 2.24) is 0 Å². The quantitative estimate of drug-likeness (QED) is 0.747. The minimum absolute atomic E-state index is 0.0205. The molecule has 0 aromatic carbocycles. The monoisotopic (exact) mass is 334 g/mol. The highest BCUT2D eigenvalue weighted by atomic mass is 32.1. The lowest BCUT2D eigenvalue weighted by Gasteiger charge is -2.20. The Labute approximate surface area is 144 Å². The van der Waals surface area contributed by atoms with E-state index in [4.69, 9.17) is 9.15 Å². The van der Waals surface area contributed by atoms with E-state index in [1.54, 1.807) is 17.6 Å². The van der Waals surface area contributed by atoms with Crippen LogP contribution in [0.15, 0.2) is 63.3 Å². The van der Waals surface area contributed by atoms with Gasteiger partial charge in [0.2, 0.25) is 0 Å². The van der Waals surface area contributed by atoms with Gasteiger partial charge in [0.15, 0.2) is 11.3 Å². The number of allylic oxidation sites excluding steroid dienone is 2. The van der Waals surface area contributed by atoms with Gasteiger partial charge in [-0.1, -0.05) is 12.1 Å². The van der Waals surface area contributed by atoms with Crippen molar-refractivity contribution in [1.29, 1.82) is 10.5 Å². The zero-order chi connectivity index (χ0) is 17.2. The van der Waals surface area contributed by atoms with Crippen molar-refractivity contribution < 1.29 is 9.15 Å². The van der Waals surface area contributed by atoms with Crippen LogP contribution in [0.1, 0.15) is 24.5 Å². The van der Waals surface area contributed by atoms with Crippen LogP contribution in [0.2, 0.25) is 0 Å². The molecule has 1 aliphatic heterocycles. The summed E-state index contributed by atoms with van der Waals surface area (Å²) in [6, 6.07) is 11.4. The first-order valence-electron chi connectivity index (χ1n) is 7.31. The van der Waals surface area contributed by atoms with Gasteiger partial charge in [-0.25, -0.2) is 0 Å². The van der Waals surface area contributed by atoms with Crippen LogP contribution < -0.4 is 0 Å². The van der Waals surface area contributed by atoms with Crippen molar-refractivity contribution in [2.75, 3.05) is 0 Å². The number of ether oxygens (including phenoxy) is 1. The van der Waals surface area contributed by atoms with E-state index in [1.807, 2.05) is 67.8 Å². The van der Waals surface area contributed by atoms with Crippen molar-refractivity contribution in [2.24, 2.45) is 0 Å². The lowest BCUT2D eigenvalue weighted by molar-refractivity contribution is 0.0966. The number of rotatable bonds is 3. The molecular formula is C19H14N2O2S. The molecule has 0 radical (unpaired) electrons. The predicted octanol–water partition coefficient (Wildman–Crippen LogP) is 4.92. The molecule has 0 spiro atoms. The summed E-state index contributed by atoms with van der Waals surface area (Å²) in [4.78, 5) is 0.956. The van der Waals surface area contributed by atoms with Gasteiger partial charge < -0.3 is 9.15 Å². The van der Waals surface area contributed by atoms with E-state index in [-0.39, 0.29) is 5.57 Å². The molecule has 2 aromatic rings. The van der Waals surface area contributed by atoms with Gasteiger partial charge in [-0.3, -0.25) is 0 Å². The Bertz CT molecular complexity index is 899. The summed E-state index contributed by atoms with van der Waals surface area (Å²) in [5.74, 6) is 1.06. The van der Waals surface area contributed by atoms with E-state index in [0.29, 0.717) is 5.76 Å². The lowest BCUT2D eigenvalue weighted by Crippen LogP contribution is -2.20. The molecule has 0 saturated carbocycles. The van der Waals surface area contributed by atoms with Crippen LogP contribution in [-0.4, -0.2) is 5.60 Å². The van der Waals surface area contributed by atoms with Crippen molar-refractivity contribution in [3.63, 3.8) is 0 Å². The topological polar surface area (TPSA) is 69.9 Å². The summed E-state index contributed by atoms with van der Waals surface area (Å²) < 4.78 is 11.3. The summed E-state index contributed by atoms with van der Waals surface area (Å²) in [6.07, 6.45) is 5.39. The summed E-state index contributed by atoms with van der Waals surface area (Å²) >= 11 is 1.54. The van der Waals surface area contributed by atoms with E-state index in [9.17, 15) is 10.5 Å². The van der Waals surface area contributed by atoms with Crippen molar-refractivity contribution in [2.45, 2.75) is 19.4 Å². The number of hydrogen-bond acceptors (Lipinski definition) is 5. The third-order valence-electron chi connectivity index (χ3n) is 3.68. The second-order valence-electron chi connectivity index (χ2n) is 5.65. The SMILES string of the molecule is CC1(C)OC(=C(C#N)C#N)C(c2cccs2)=C1C=Cc1ccco1. The molecule has 0 amide bonds. The Morgan fingerprint density at radius 1 is 1.17 bits per heavy atom. The Morgan fingerprint density at radius 2 is 1.96 bits per heavy atom. The minimum atomic E-state index is -0.656. The molecule has 118 valence electrons. The van der Waals surface area contributed by atoms with Gasteiger partial charge in [0.1, 0.15) is 23.5 Å². The molecule has 0 saturated heterocycles. The molecular weight excluding hydrogens is 320 g/mol. The number of furan rings is 1. The first-order chi connectivity index (χ1) is 11.6. The molecule has 5 heteroatoms. The smallest absolute Gasteiger partial charge is 0.172 e. The van der Waals surface area contributed by atoms with Crippen molar-refractivity contribution in [3.05, 3.63) is 69.5 Å². The molecule has 24 heavy (non-hydrogen) atoms.